The standard InChI is InChI=1S/C24H23N/c1-2-3-5-8-19-11-16-24(23(17-19)18-25)22-14-12-21(13-15-22)20-9-6-4-7-10-20/h4,6-7,9-17H,2-3,5,8H2,1H3. The fourth-order valence-corrected chi connectivity index (χ4v) is 3.14. The summed E-state index contributed by atoms with van der Waals surface area (Å²) in [6.07, 6.45) is 4.70. The fourth-order valence-electron chi connectivity index (χ4n) is 3.14. The third-order valence-corrected chi connectivity index (χ3v) is 4.58. The Labute approximate surface area is 150 Å². The second-order valence-corrected chi connectivity index (χ2v) is 6.39. The highest BCUT2D eigenvalue weighted by atomic mass is 14.2. The number of hydrogen-bond acceptors (Lipinski definition) is 1. The van der Waals surface area contributed by atoms with Crippen molar-refractivity contribution < 1.29 is 0 Å². The number of nitriles is 1. The lowest BCUT2D eigenvalue weighted by Gasteiger charge is -2.09. The molecule has 0 aliphatic rings. The molecule has 3 rings (SSSR count). The first-order valence-electron chi connectivity index (χ1n) is 9.00. The van der Waals surface area contributed by atoms with Gasteiger partial charge in [-0.3, -0.25) is 0 Å². The maximum absolute atomic E-state index is 9.56. The van der Waals surface area contributed by atoms with Crippen molar-refractivity contribution in [2.45, 2.75) is 32.6 Å². The molecule has 1 heteroatoms. The molecule has 0 N–H and O–H groups in total. The summed E-state index contributed by atoms with van der Waals surface area (Å²) >= 11 is 0. The molecule has 1 nitrogen and oxygen atoms in total. The molecular weight excluding hydrogens is 302 g/mol. The lowest BCUT2D eigenvalue weighted by molar-refractivity contribution is 0.717. The van der Waals surface area contributed by atoms with Crippen LogP contribution in [0.25, 0.3) is 22.3 Å². The minimum Gasteiger partial charge on any atom is -0.192 e. The monoisotopic (exact) mass is 325 g/mol. The minimum atomic E-state index is 0.765. The van der Waals surface area contributed by atoms with E-state index < -0.39 is 0 Å². The SMILES string of the molecule is CCCCCc1ccc(-c2ccc(-c3ccccc3)cc2)c(C#N)c1. The van der Waals surface area contributed by atoms with E-state index in [2.05, 4.69) is 67.6 Å². The quantitative estimate of drug-likeness (QED) is 0.467. The highest BCUT2D eigenvalue weighted by Crippen LogP contribution is 2.28. The van der Waals surface area contributed by atoms with Gasteiger partial charge in [-0.25, -0.2) is 0 Å². The van der Waals surface area contributed by atoms with Gasteiger partial charge in [-0.1, -0.05) is 86.5 Å². The number of nitrogens with zero attached hydrogens (tertiary/aromatic N) is 1. The fraction of sp³-hybridized carbons (Fsp3) is 0.208. The van der Waals surface area contributed by atoms with Gasteiger partial charge in [0.25, 0.3) is 0 Å². The molecule has 0 spiro atoms. The van der Waals surface area contributed by atoms with E-state index in [0.29, 0.717) is 0 Å². The second kappa shape index (κ2) is 8.31. The molecular formula is C24H23N. The molecule has 0 aromatic heterocycles. The van der Waals surface area contributed by atoms with Crippen molar-refractivity contribution in [3.8, 4) is 28.3 Å². The lowest BCUT2D eigenvalue weighted by Crippen LogP contribution is -1.90. The van der Waals surface area contributed by atoms with Crippen LogP contribution in [0.15, 0.2) is 72.8 Å². The molecule has 0 saturated carbocycles. The number of hydrogen-bond donors (Lipinski definition) is 0. The van der Waals surface area contributed by atoms with Crippen LogP contribution in [0.3, 0.4) is 0 Å². The average molecular weight is 325 g/mol. The van der Waals surface area contributed by atoms with E-state index in [-0.39, 0.29) is 0 Å². The first-order valence-corrected chi connectivity index (χ1v) is 9.00. The first-order chi connectivity index (χ1) is 12.3. The second-order valence-electron chi connectivity index (χ2n) is 6.39. The van der Waals surface area contributed by atoms with Crippen LogP contribution in [0, 0.1) is 11.3 Å². The Kier molecular flexibility index (Phi) is 5.65. The van der Waals surface area contributed by atoms with Gasteiger partial charge in [0, 0.05) is 0 Å². The van der Waals surface area contributed by atoms with Gasteiger partial charge in [0.1, 0.15) is 0 Å². The number of unbranched alkanes of at least 4 members (excludes halogenated alkanes) is 2. The molecule has 3 aromatic rings. The maximum Gasteiger partial charge on any atom is 0.0998 e. The van der Waals surface area contributed by atoms with Gasteiger partial charge in [0.2, 0.25) is 0 Å². The molecule has 0 saturated heterocycles. The van der Waals surface area contributed by atoms with Crippen LogP contribution in [-0.2, 0) is 6.42 Å². The smallest absolute Gasteiger partial charge is 0.0998 e. The van der Waals surface area contributed by atoms with Crippen LogP contribution in [0.4, 0.5) is 0 Å². The van der Waals surface area contributed by atoms with Crippen molar-refractivity contribution >= 4 is 0 Å². The predicted molar refractivity (Wildman–Crippen MR) is 105 cm³/mol. The van der Waals surface area contributed by atoms with Crippen LogP contribution in [0.2, 0.25) is 0 Å². The summed E-state index contributed by atoms with van der Waals surface area (Å²) in [4.78, 5) is 0. The third-order valence-electron chi connectivity index (χ3n) is 4.58. The molecule has 0 atom stereocenters. The zero-order valence-electron chi connectivity index (χ0n) is 14.7. The Hall–Kier alpha value is -2.85. The molecule has 0 fully saturated rings. The number of benzene rings is 3. The molecule has 0 radical (unpaired) electrons. The van der Waals surface area contributed by atoms with Crippen LogP contribution in [0.5, 0.6) is 0 Å². The molecule has 0 aliphatic carbocycles. The molecule has 0 unspecified atom stereocenters. The summed E-state index contributed by atoms with van der Waals surface area (Å²) in [5.41, 5.74) is 6.54. The van der Waals surface area contributed by atoms with Crippen molar-refractivity contribution in [1.29, 1.82) is 5.26 Å². The highest BCUT2D eigenvalue weighted by Gasteiger charge is 2.07. The summed E-state index contributed by atoms with van der Waals surface area (Å²) in [5.74, 6) is 0. The Morgan fingerprint density at radius 3 is 2.12 bits per heavy atom. The molecule has 124 valence electrons. The van der Waals surface area contributed by atoms with E-state index >= 15 is 0 Å². The number of aryl methyl sites for hydroxylation is 1. The largest absolute Gasteiger partial charge is 0.192 e. The zero-order valence-corrected chi connectivity index (χ0v) is 14.7. The van der Waals surface area contributed by atoms with E-state index in [9.17, 15) is 5.26 Å². The molecule has 0 heterocycles. The van der Waals surface area contributed by atoms with E-state index in [1.54, 1.807) is 0 Å². The van der Waals surface area contributed by atoms with Crippen LogP contribution in [0.1, 0.15) is 37.3 Å². The summed E-state index contributed by atoms with van der Waals surface area (Å²) in [7, 11) is 0. The molecule has 0 aliphatic heterocycles. The van der Waals surface area contributed by atoms with Crippen molar-refractivity contribution in [2.75, 3.05) is 0 Å². The zero-order chi connectivity index (χ0) is 17.5. The van der Waals surface area contributed by atoms with Crippen LogP contribution >= 0.6 is 0 Å². The van der Waals surface area contributed by atoms with Crippen molar-refractivity contribution in [1.82, 2.24) is 0 Å². The van der Waals surface area contributed by atoms with Crippen molar-refractivity contribution in [2.24, 2.45) is 0 Å². The van der Waals surface area contributed by atoms with Gasteiger partial charge in [0.15, 0.2) is 0 Å². The Balaban J connectivity index is 1.85. The van der Waals surface area contributed by atoms with Gasteiger partial charge in [-0.15, -0.1) is 0 Å². The van der Waals surface area contributed by atoms with Gasteiger partial charge in [-0.2, -0.15) is 5.26 Å². The number of rotatable bonds is 6. The normalized spacial score (nSPS) is 10.4. The van der Waals surface area contributed by atoms with Crippen LogP contribution in [-0.4, -0.2) is 0 Å². The third kappa shape index (κ3) is 4.17. The Bertz CT molecular complexity index is 855. The molecule has 0 bridgehead atoms. The molecule has 25 heavy (non-hydrogen) atoms. The maximum atomic E-state index is 9.56. The minimum absolute atomic E-state index is 0.765. The van der Waals surface area contributed by atoms with E-state index in [4.69, 9.17) is 0 Å². The summed E-state index contributed by atoms with van der Waals surface area (Å²) in [5, 5.41) is 9.56. The average Bonchev–Trinajstić information content (AvgIpc) is 2.69. The highest BCUT2D eigenvalue weighted by molar-refractivity contribution is 5.74. The first kappa shape index (κ1) is 17.0. The molecule has 3 aromatic carbocycles. The van der Waals surface area contributed by atoms with E-state index in [1.807, 2.05) is 18.2 Å². The van der Waals surface area contributed by atoms with E-state index in [0.717, 1.165) is 23.1 Å². The van der Waals surface area contributed by atoms with Gasteiger partial charge >= 0.3 is 0 Å². The van der Waals surface area contributed by atoms with E-state index in [1.165, 1.54) is 36.0 Å². The Morgan fingerprint density at radius 1 is 0.760 bits per heavy atom. The van der Waals surface area contributed by atoms with Crippen molar-refractivity contribution in [3.63, 3.8) is 0 Å². The van der Waals surface area contributed by atoms with Gasteiger partial charge < -0.3 is 0 Å². The summed E-state index contributed by atoms with van der Waals surface area (Å²) in [6.45, 7) is 2.21. The lowest BCUT2D eigenvalue weighted by atomic mass is 9.95. The van der Waals surface area contributed by atoms with Gasteiger partial charge in [0.05, 0.1) is 11.6 Å². The van der Waals surface area contributed by atoms with Gasteiger partial charge in [-0.05, 0) is 46.7 Å². The van der Waals surface area contributed by atoms with Crippen LogP contribution < -0.4 is 0 Å². The molecule has 0 amide bonds. The summed E-state index contributed by atoms with van der Waals surface area (Å²) in [6, 6.07) is 27.5. The predicted octanol–water partition coefficient (Wildman–Crippen LogP) is 6.62. The summed E-state index contributed by atoms with van der Waals surface area (Å²) < 4.78 is 0. The topological polar surface area (TPSA) is 23.8 Å². The van der Waals surface area contributed by atoms with Crippen molar-refractivity contribution in [3.05, 3.63) is 83.9 Å². The Morgan fingerprint density at radius 2 is 1.44 bits per heavy atom.